The normalized spacial score (nSPS) is 40.0. The summed E-state index contributed by atoms with van der Waals surface area (Å²) >= 11 is 0. The lowest BCUT2D eigenvalue weighted by Crippen LogP contribution is -2.30. The molecule has 0 amide bonds. The van der Waals surface area contributed by atoms with E-state index in [1.165, 1.54) is 0 Å². The van der Waals surface area contributed by atoms with Crippen LogP contribution < -0.4 is 5.32 Å². The fraction of sp³-hybridized carbons (Fsp3) is 0.833. The highest BCUT2D eigenvalue weighted by atomic mass is 16.7. The van der Waals surface area contributed by atoms with Gasteiger partial charge in [0.2, 0.25) is 0 Å². The Labute approximate surface area is 54.1 Å². The first-order valence-electron chi connectivity index (χ1n) is 3.32. The summed E-state index contributed by atoms with van der Waals surface area (Å²) in [7, 11) is 0. The van der Waals surface area contributed by atoms with E-state index in [1.54, 1.807) is 0 Å². The Morgan fingerprint density at radius 1 is 1.67 bits per heavy atom. The Hall–Kier alpha value is -0.570. The largest absolute Gasteiger partial charge is 0.388 e. The third-order valence-corrected chi connectivity index (χ3v) is 1.99. The molecule has 0 aromatic heterocycles. The molecule has 1 N–H and O–H groups in total. The van der Waals surface area contributed by atoms with Gasteiger partial charge in [-0.25, -0.2) is 0 Å². The molecule has 2 heterocycles. The predicted octanol–water partition coefficient (Wildman–Crippen LogP) is 0.125. The highest BCUT2D eigenvalue weighted by molar-refractivity contribution is 5.60. The molecule has 1 atom stereocenters. The van der Waals surface area contributed by atoms with Gasteiger partial charge in [0.25, 0.3) is 0 Å². The molecule has 1 fully saturated rings. The van der Waals surface area contributed by atoms with E-state index in [1.807, 2.05) is 6.21 Å². The molecular formula is C6H10N2O. The van der Waals surface area contributed by atoms with Crippen LogP contribution in [0.2, 0.25) is 0 Å². The fourth-order valence-corrected chi connectivity index (χ4v) is 1.36. The minimum Gasteiger partial charge on any atom is -0.388 e. The lowest BCUT2D eigenvalue weighted by molar-refractivity contribution is -0.00190. The smallest absolute Gasteiger partial charge is 0.156 e. The van der Waals surface area contributed by atoms with E-state index < -0.39 is 0 Å². The molecule has 1 saturated heterocycles. The molecule has 2 rings (SSSR count). The van der Waals surface area contributed by atoms with E-state index in [0.29, 0.717) is 0 Å². The Kier molecular flexibility index (Phi) is 0.990. The van der Waals surface area contributed by atoms with Gasteiger partial charge >= 0.3 is 0 Å². The van der Waals surface area contributed by atoms with Crippen molar-refractivity contribution in [1.29, 1.82) is 0 Å². The van der Waals surface area contributed by atoms with Gasteiger partial charge in [-0.05, 0) is 6.54 Å². The van der Waals surface area contributed by atoms with Gasteiger partial charge in [0.05, 0.1) is 0 Å². The second-order valence-corrected chi connectivity index (χ2v) is 2.69. The van der Waals surface area contributed by atoms with Crippen molar-refractivity contribution >= 4 is 6.21 Å². The summed E-state index contributed by atoms with van der Waals surface area (Å²) in [6.45, 7) is 2.04. The summed E-state index contributed by atoms with van der Waals surface area (Å²) in [5.41, 5.74) is 0.0556. The molecule has 2 aliphatic rings. The molecule has 3 nitrogen and oxygen atoms in total. The molecular weight excluding hydrogens is 116 g/mol. The first kappa shape index (κ1) is 5.23. The van der Waals surface area contributed by atoms with E-state index in [2.05, 4.69) is 10.5 Å². The molecule has 0 bridgehead atoms. The van der Waals surface area contributed by atoms with Crippen molar-refractivity contribution in [2.75, 3.05) is 13.1 Å². The maximum absolute atomic E-state index is 5.21. The summed E-state index contributed by atoms with van der Waals surface area (Å²) in [6.07, 6.45) is 3.94. The van der Waals surface area contributed by atoms with Gasteiger partial charge in [-0.1, -0.05) is 5.16 Å². The maximum atomic E-state index is 5.21. The molecule has 1 unspecified atom stereocenters. The lowest BCUT2D eigenvalue weighted by atomic mass is 10.0. The predicted molar refractivity (Wildman–Crippen MR) is 34.4 cm³/mol. The third-order valence-electron chi connectivity index (χ3n) is 1.99. The summed E-state index contributed by atoms with van der Waals surface area (Å²) in [5, 5.41) is 7.00. The molecule has 0 saturated carbocycles. The van der Waals surface area contributed by atoms with E-state index in [-0.39, 0.29) is 5.60 Å². The Bertz CT molecular complexity index is 128. The molecule has 2 aliphatic heterocycles. The van der Waals surface area contributed by atoms with Crippen molar-refractivity contribution in [3.8, 4) is 0 Å². The Balaban J connectivity index is 2.07. The van der Waals surface area contributed by atoms with Crippen molar-refractivity contribution < 1.29 is 4.84 Å². The second-order valence-electron chi connectivity index (χ2n) is 2.69. The summed E-state index contributed by atoms with van der Waals surface area (Å²) in [6, 6.07) is 0. The average molecular weight is 126 g/mol. The minimum atomic E-state index is 0.0556. The summed E-state index contributed by atoms with van der Waals surface area (Å²) in [5.74, 6) is 0. The molecule has 9 heavy (non-hydrogen) atoms. The molecule has 1 spiro atoms. The molecule has 0 aromatic rings. The SMILES string of the molecule is C1=NOC2(C1)CCNC2. The quantitative estimate of drug-likeness (QED) is 0.500. The first-order chi connectivity index (χ1) is 4.41. The standard InChI is InChI=1S/C6H10N2O/c1-3-7-5-6(1)2-4-8-9-6/h4,7H,1-3,5H2. The summed E-state index contributed by atoms with van der Waals surface area (Å²) < 4.78 is 0. The van der Waals surface area contributed by atoms with Crippen LogP contribution in [0.3, 0.4) is 0 Å². The number of nitrogens with zero attached hydrogens (tertiary/aromatic N) is 1. The van der Waals surface area contributed by atoms with Gasteiger partial charge in [0.15, 0.2) is 5.60 Å². The van der Waals surface area contributed by atoms with E-state index in [4.69, 9.17) is 4.84 Å². The summed E-state index contributed by atoms with van der Waals surface area (Å²) in [4.78, 5) is 5.21. The van der Waals surface area contributed by atoms with Gasteiger partial charge in [-0.15, -0.1) is 0 Å². The molecule has 0 aromatic carbocycles. The topological polar surface area (TPSA) is 33.6 Å². The van der Waals surface area contributed by atoms with Crippen molar-refractivity contribution in [3.05, 3.63) is 0 Å². The van der Waals surface area contributed by atoms with Gasteiger partial charge < -0.3 is 10.2 Å². The van der Waals surface area contributed by atoms with Gasteiger partial charge in [-0.3, -0.25) is 0 Å². The van der Waals surface area contributed by atoms with Crippen molar-refractivity contribution in [2.24, 2.45) is 5.16 Å². The number of hydrogen-bond donors (Lipinski definition) is 1. The van der Waals surface area contributed by atoms with Crippen LogP contribution in [-0.4, -0.2) is 24.9 Å². The van der Waals surface area contributed by atoms with Gasteiger partial charge in [0.1, 0.15) is 0 Å². The highest BCUT2D eigenvalue weighted by Gasteiger charge is 2.38. The number of oxime groups is 1. The van der Waals surface area contributed by atoms with E-state index in [0.717, 1.165) is 25.9 Å². The first-order valence-corrected chi connectivity index (χ1v) is 3.32. The molecule has 0 radical (unpaired) electrons. The van der Waals surface area contributed by atoms with Gasteiger partial charge in [-0.2, -0.15) is 0 Å². The highest BCUT2D eigenvalue weighted by Crippen LogP contribution is 2.26. The van der Waals surface area contributed by atoms with Crippen LogP contribution in [0.4, 0.5) is 0 Å². The lowest BCUT2D eigenvalue weighted by Gasteiger charge is -2.17. The molecule has 50 valence electrons. The van der Waals surface area contributed by atoms with Crippen LogP contribution >= 0.6 is 0 Å². The van der Waals surface area contributed by atoms with Crippen molar-refractivity contribution in [2.45, 2.75) is 18.4 Å². The third kappa shape index (κ3) is 0.721. The Morgan fingerprint density at radius 3 is 3.22 bits per heavy atom. The van der Waals surface area contributed by atoms with Crippen LogP contribution in [0.1, 0.15) is 12.8 Å². The van der Waals surface area contributed by atoms with Crippen LogP contribution in [0.5, 0.6) is 0 Å². The van der Waals surface area contributed by atoms with Gasteiger partial charge in [0, 0.05) is 25.6 Å². The van der Waals surface area contributed by atoms with Crippen LogP contribution in [0.25, 0.3) is 0 Å². The maximum Gasteiger partial charge on any atom is 0.156 e. The molecule has 0 aliphatic carbocycles. The van der Waals surface area contributed by atoms with Crippen molar-refractivity contribution in [3.63, 3.8) is 0 Å². The van der Waals surface area contributed by atoms with E-state index >= 15 is 0 Å². The zero-order valence-electron chi connectivity index (χ0n) is 5.26. The molecule has 3 heteroatoms. The fourth-order valence-electron chi connectivity index (χ4n) is 1.36. The number of nitrogens with one attached hydrogen (secondary N) is 1. The number of rotatable bonds is 0. The average Bonchev–Trinajstić information content (AvgIpc) is 2.45. The van der Waals surface area contributed by atoms with E-state index in [9.17, 15) is 0 Å². The van der Waals surface area contributed by atoms with Crippen LogP contribution in [0.15, 0.2) is 5.16 Å². The monoisotopic (exact) mass is 126 g/mol. The minimum absolute atomic E-state index is 0.0556. The van der Waals surface area contributed by atoms with Crippen LogP contribution in [0, 0.1) is 0 Å². The van der Waals surface area contributed by atoms with Crippen molar-refractivity contribution in [1.82, 2.24) is 5.32 Å². The number of hydrogen-bond acceptors (Lipinski definition) is 3. The Morgan fingerprint density at radius 2 is 2.67 bits per heavy atom. The second kappa shape index (κ2) is 1.70. The zero-order chi connectivity index (χ0) is 6.16. The zero-order valence-corrected chi connectivity index (χ0v) is 5.26. The van der Waals surface area contributed by atoms with Crippen LogP contribution in [-0.2, 0) is 4.84 Å².